The van der Waals surface area contributed by atoms with Crippen molar-refractivity contribution >= 4 is 0 Å². The molecule has 5 heteroatoms. The fraction of sp³-hybridized carbons (Fsp3) is 0.444. The molecular weight excluding hydrogens is 292 g/mol. The molecule has 3 aliphatic heterocycles. The Labute approximate surface area is 133 Å². The van der Waals surface area contributed by atoms with Gasteiger partial charge in [-0.1, -0.05) is 24.3 Å². The van der Waals surface area contributed by atoms with Gasteiger partial charge < -0.3 is 9.47 Å². The van der Waals surface area contributed by atoms with Crippen LogP contribution in [-0.2, 0) is 17.7 Å². The van der Waals surface area contributed by atoms with Crippen molar-refractivity contribution in [3.05, 3.63) is 46.4 Å². The van der Waals surface area contributed by atoms with Gasteiger partial charge in [0.15, 0.2) is 0 Å². The first-order valence-electron chi connectivity index (χ1n) is 8.19. The molecule has 23 heavy (non-hydrogen) atoms. The molecule has 6 rings (SSSR count). The smallest absolute Gasteiger partial charge is 0.351 e. The van der Waals surface area contributed by atoms with E-state index in [0.717, 1.165) is 37.1 Å². The van der Waals surface area contributed by atoms with Crippen LogP contribution in [0.3, 0.4) is 0 Å². The first-order chi connectivity index (χ1) is 11.2. The molecule has 1 saturated carbocycles. The van der Waals surface area contributed by atoms with E-state index >= 15 is 0 Å². The van der Waals surface area contributed by atoms with Crippen molar-refractivity contribution in [3.8, 4) is 17.1 Å². The van der Waals surface area contributed by atoms with Crippen LogP contribution >= 0.6 is 0 Å². The predicted octanol–water partition coefficient (Wildman–Crippen LogP) is 2.02. The molecule has 0 atom stereocenters. The first-order valence-corrected chi connectivity index (χ1v) is 8.19. The van der Waals surface area contributed by atoms with Crippen LogP contribution in [0, 0.1) is 5.92 Å². The molecule has 0 radical (unpaired) electrons. The van der Waals surface area contributed by atoms with Gasteiger partial charge in [-0.05, 0) is 30.7 Å². The third kappa shape index (κ3) is 2.03. The van der Waals surface area contributed by atoms with E-state index in [1.807, 2.05) is 18.2 Å². The highest BCUT2D eigenvalue weighted by Gasteiger charge is 2.52. The fourth-order valence-corrected chi connectivity index (χ4v) is 4.11. The van der Waals surface area contributed by atoms with E-state index in [9.17, 15) is 4.79 Å². The van der Waals surface area contributed by atoms with Gasteiger partial charge in [0.25, 0.3) is 0 Å². The van der Waals surface area contributed by atoms with Gasteiger partial charge in [-0.15, -0.1) is 0 Å². The van der Waals surface area contributed by atoms with Crippen LogP contribution in [0.15, 0.2) is 35.1 Å². The lowest BCUT2D eigenvalue weighted by atomic mass is 9.75. The molecule has 4 heterocycles. The normalized spacial score (nSPS) is 27.0. The number of benzene rings is 1. The summed E-state index contributed by atoms with van der Waals surface area (Å²) in [5.41, 5.74) is 2.91. The maximum atomic E-state index is 12.3. The quantitative estimate of drug-likeness (QED) is 0.870. The first kappa shape index (κ1) is 13.3. The Kier molecular flexibility index (Phi) is 2.71. The molecule has 3 fully saturated rings. The average Bonchev–Trinajstić information content (AvgIpc) is 3.13. The van der Waals surface area contributed by atoms with Crippen LogP contribution < -0.4 is 10.4 Å². The average molecular weight is 310 g/mol. The summed E-state index contributed by atoms with van der Waals surface area (Å²) in [5, 5.41) is 0. The van der Waals surface area contributed by atoms with Crippen LogP contribution in [0.25, 0.3) is 11.3 Å². The molecular formula is C18H18N2O3. The van der Waals surface area contributed by atoms with Gasteiger partial charge in [0, 0.05) is 18.2 Å². The van der Waals surface area contributed by atoms with E-state index in [2.05, 4.69) is 17.1 Å². The largest absolute Gasteiger partial charge is 0.474 e. The van der Waals surface area contributed by atoms with Gasteiger partial charge in [0.1, 0.15) is 12.2 Å². The Morgan fingerprint density at radius 3 is 3.04 bits per heavy atom. The lowest BCUT2D eigenvalue weighted by Gasteiger charge is -2.35. The summed E-state index contributed by atoms with van der Waals surface area (Å²) in [7, 11) is 0. The van der Waals surface area contributed by atoms with Crippen LogP contribution in [0.2, 0.25) is 0 Å². The van der Waals surface area contributed by atoms with E-state index in [-0.39, 0.29) is 11.3 Å². The Balaban J connectivity index is 1.48. The summed E-state index contributed by atoms with van der Waals surface area (Å²) in [6, 6.07) is 10.1. The molecule has 1 aromatic carbocycles. The molecule has 2 bridgehead atoms. The van der Waals surface area contributed by atoms with Crippen LogP contribution in [0.5, 0.6) is 5.88 Å². The monoisotopic (exact) mass is 310 g/mol. The Bertz CT molecular complexity index is 831. The third-order valence-corrected chi connectivity index (χ3v) is 5.32. The highest BCUT2D eigenvalue weighted by molar-refractivity contribution is 5.66. The molecule has 0 N–H and O–H groups in total. The second kappa shape index (κ2) is 4.68. The lowest BCUT2D eigenvalue weighted by molar-refractivity contribution is -0.0369. The van der Waals surface area contributed by atoms with Crippen molar-refractivity contribution in [1.82, 2.24) is 9.55 Å². The van der Waals surface area contributed by atoms with Crippen molar-refractivity contribution in [1.29, 1.82) is 0 Å². The lowest BCUT2D eigenvalue weighted by Crippen LogP contribution is -2.42. The molecule has 0 unspecified atom stereocenters. The number of ether oxygens (including phenoxy) is 2. The summed E-state index contributed by atoms with van der Waals surface area (Å²) in [6.07, 6.45) is 3.00. The summed E-state index contributed by atoms with van der Waals surface area (Å²) >= 11 is 0. The Morgan fingerprint density at radius 1 is 1.35 bits per heavy atom. The summed E-state index contributed by atoms with van der Waals surface area (Å²) in [6.45, 7) is 2.01. The fourth-order valence-electron chi connectivity index (χ4n) is 4.11. The van der Waals surface area contributed by atoms with E-state index in [4.69, 9.17) is 9.47 Å². The van der Waals surface area contributed by atoms with Crippen molar-refractivity contribution < 1.29 is 9.47 Å². The number of hydrogen-bond acceptors (Lipinski definition) is 4. The van der Waals surface area contributed by atoms with Gasteiger partial charge in [0.2, 0.25) is 5.88 Å². The topological polar surface area (TPSA) is 53.4 Å². The zero-order chi connectivity index (χ0) is 15.4. The van der Waals surface area contributed by atoms with Gasteiger partial charge >= 0.3 is 5.69 Å². The van der Waals surface area contributed by atoms with Crippen molar-refractivity contribution in [2.24, 2.45) is 5.92 Å². The molecule has 118 valence electrons. The zero-order valence-corrected chi connectivity index (χ0v) is 12.8. The second-order valence-electron chi connectivity index (χ2n) is 6.88. The highest BCUT2D eigenvalue weighted by atomic mass is 16.6. The minimum atomic E-state index is -0.233. The number of nitrogens with zero attached hydrogens (tertiary/aromatic N) is 2. The molecule has 1 aromatic heterocycles. The maximum absolute atomic E-state index is 12.3. The van der Waals surface area contributed by atoms with E-state index in [1.165, 1.54) is 5.56 Å². The van der Waals surface area contributed by atoms with Crippen molar-refractivity contribution in [2.75, 3.05) is 13.2 Å². The molecule has 2 saturated heterocycles. The minimum absolute atomic E-state index is 0.129. The Hall–Kier alpha value is -2.14. The van der Waals surface area contributed by atoms with Crippen molar-refractivity contribution in [2.45, 2.75) is 31.4 Å². The Morgan fingerprint density at radius 2 is 2.22 bits per heavy atom. The molecule has 1 aliphatic carbocycles. The molecule has 0 amide bonds. The summed E-state index contributed by atoms with van der Waals surface area (Å²) < 4.78 is 13.4. The van der Waals surface area contributed by atoms with E-state index < -0.39 is 0 Å². The third-order valence-electron chi connectivity index (χ3n) is 5.32. The summed E-state index contributed by atoms with van der Waals surface area (Å²) in [5.74, 6) is 1.11. The minimum Gasteiger partial charge on any atom is -0.474 e. The number of aryl methyl sites for hydroxylation is 1. The van der Waals surface area contributed by atoms with Gasteiger partial charge in [0.05, 0.1) is 12.3 Å². The number of fused-ring (bicyclic) bond motifs is 4. The predicted molar refractivity (Wildman–Crippen MR) is 84.5 cm³/mol. The second-order valence-corrected chi connectivity index (χ2v) is 6.88. The van der Waals surface area contributed by atoms with Crippen LogP contribution in [-0.4, -0.2) is 28.4 Å². The van der Waals surface area contributed by atoms with E-state index in [0.29, 0.717) is 24.9 Å². The van der Waals surface area contributed by atoms with Gasteiger partial charge in [-0.2, -0.15) is 4.98 Å². The van der Waals surface area contributed by atoms with E-state index in [1.54, 1.807) is 4.57 Å². The SMILES string of the molecule is O=c1nc(OCC23CC(CO2)C3)cc2n1CCc1ccccc1-2. The summed E-state index contributed by atoms with van der Waals surface area (Å²) in [4.78, 5) is 16.4. The standard InChI is InChI=1S/C18H18N2O3/c21-17-19-16(22-11-18-8-12(9-18)10-23-18)7-15-14-4-2-1-3-13(14)5-6-20(15)17/h1-4,7,12H,5-6,8-11H2. The van der Waals surface area contributed by atoms with Crippen LogP contribution in [0.1, 0.15) is 18.4 Å². The van der Waals surface area contributed by atoms with Gasteiger partial charge in [-0.25, -0.2) is 4.79 Å². The number of rotatable bonds is 3. The molecule has 2 aromatic rings. The zero-order valence-electron chi connectivity index (χ0n) is 12.8. The maximum Gasteiger partial charge on any atom is 0.351 e. The number of hydrogen-bond donors (Lipinski definition) is 0. The highest BCUT2D eigenvalue weighted by Crippen LogP contribution is 2.48. The molecule has 4 aliphatic rings. The van der Waals surface area contributed by atoms with Gasteiger partial charge in [-0.3, -0.25) is 4.57 Å². The molecule has 5 nitrogen and oxygen atoms in total. The molecule has 0 spiro atoms. The van der Waals surface area contributed by atoms with Crippen molar-refractivity contribution in [3.63, 3.8) is 0 Å². The van der Waals surface area contributed by atoms with Crippen LogP contribution in [0.4, 0.5) is 0 Å². The number of aromatic nitrogens is 2.